The molecule has 0 atom stereocenters. The highest BCUT2D eigenvalue weighted by Gasteiger charge is 2.19. The number of piperidine rings is 1. The fourth-order valence-electron chi connectivity index (χ4n) is 3.22. The maximum atomic E-state index is 12.3. The monoisotopic (exact) mass is 303 g/mol. The van der Waals surface area contributed by atoms with Crippen LogP contribution in [0.2, 0.25) is 0 Å². The number of carbonyl (C=O) groups excluding carboxylic acids is 1. The van der Waals surface area contributed by atoms with Crippen LogP contribution in [0.25, 0.3) is 0 Å². The molecule has 1 aromatic rings. The number of carbonyl (C=O) groups is 1. The second-order valence-corrected chi connectivity index (χ2v) is 6.26. The molecule has 2 saturated heterocycles. The number of pyridine rings is 1. The van der Waals surface area contributed by atoms with Crippen LogP contribution in [-0.2, 0) is 4.74 Å². The molecule has 1 amide bonds. The van der Waals surface area contributed by atoms with Crippen molar-refractivity contribution in [2.24, 2.45) is 5.92 Å². The molecule has 0 bridgehead atoms. The van der Waals surface area contributed by atoms with E-state index in [0.29, 0.717) is 11.8 Å². The number of nitrogens with one attached hydrogen (secondary N) is 2. The first-order chi connectivity index (χ1) is 10.8. The van der Waals surface area contributed by atoms with Crippen LogP contribution in [0.5, 0.6) is 0 Å². The molecule has 2 fully saturated rings. The Morgan fingerprint density at radius 1 is 1.27 bits per heavy atom. The van der Waals surface area contributed by atoms with Crippen molar-refractivity contribution in [3.8, 4) is 0 Å². The van der Waals surface area contributed by atoms with Gasteiger partial charge in [-0.25, -0.2) is 0 Å². The highest BCUT2D eigenvalue weighted by atomic mass is 16.5. The van der Waals surface area contributed by atoms with Crippen LogP contribution in [0.3, 0.4) is 0 Å². The van der Waals surface area contributed by atoms with E-state index < -0.39 is 0 Å². The van der Waals surface area contributed by atoms with Crippen molar-refractivity contribution in [3.63, 3.8) is 0 Å². The molecule has 2 aliphatic heterocycles. The molecule has 5 heteroatoms. The van der Waals surface area contributed by atoms with Crippen molar-refractivity contribution < 1.29 is 9.53 Å². The van der Waals surface area contributed by atoms with Crippen molar-refractivity contribution in [2.45, 2.75) is 31.6 Å². The summed E-state index contributed by atoms with van der Waals surface area (Å²) < 4.78 is 5.35. The van der Waals surface area contributed by atoms with E-state index in [2.05, 4.69) is 15.6 Å². The summed E-state index contributed by atoms with van der Waals surface area (Å²) >= 11 is 0. The van der Waals surface area contributed by atoms with Gasteiger partial charge in [-0.2, -0.15) is 0 Å². The second-order valence-electron chi connectivity index (χ2n) is 6.26. The summed E-state index contributed by atoms with van der Waals surface area (Å²) in [5.74, 6) is 1.04. The first-order valence-electron chi connectivity index (χ1n) is 8.35. The number of amides is 1. The van der Waals surface area contributed by atoms with Crippen molar-refractivity contribution in [1.82, 2.24) is 15.6 Å². The number of ether oxygens (including phenoxy) is 1. The number of aromatic nitrogens is 1. The van der Waals surface area contributed by atoms with Crippen LogP contribution in [0.15, 0.2) is 18.3 Å². The van der Waals surface area contributed by atoms with Gasteiger partial charge in [0, 0.05) is 43.1 Å². The fourth-order valence-corrected chi connectivity index (χ4v) is 3.22. The van der Waals surface area contributed by atoms with Crippen LogP contribution >= 0.6 is 0 Å². The minimum Gasteiger partial charge on any atom is -0.381 e. The zero-order valence-corrected chi connectivity index (χ0v) is 13.0. The zero-order valence-electron chi connectivity index (χ0n) is 13.0. The molecule has 0 saturated carbocycles. The molecule has 1 aromatic heterocycles. The Morgan fingerprint density at radius 2 is 2.05 bits per heavy atom. The Balaban J connectivity index is 1.57. The summed E-state index contributed by atoms with van der Waals surface area (Å²) in [6.07, 6.45) is 6.04. The first-order valence-corrected chi connectivity index (χ1v) is 8.35. The molecule has 0 unspecified atom stereocenters. The maximum Gasteiger partial charge on any atom is 0.251 e. The molecular weight excluding hydrogens is 278 g/mol. The Morgan fingerprint density at radius 3 is 2.82 bits per heavy atom. The molecule has 3 rings (SSSR count). The molecule has 0 aromatic carbocycles. The lowest BCUT2D eigenvalue weighted by Crippen LogP contribution is -2.32. The predicted molar refractivity (Wildman–Crippen MR) is 85.0 cm³/mol. The van der Waals surface area contributed by atoms with E-state index in [9.17, 15) is 4.79 Å². The lowest BCUT2D eigenvalue weighted by Gasteiger charge is -2.23. The van der Waals surface area contributed by atoms with E-state index in [-0.39, 0.29) is 5.91 Å². The Kier molecular flexibility index (Phi) is 5.40. The van der Waals surface area contributed by atoms with Gasteiger partial charge in [0.05, 0.1) is 0 Å². The van der Waals surface area contributed by atoms with Gasteiger partial charge in [-0.05, 0) is 56.8 Å². The lowest BCUT2D eigenvalue weighted by molar-refractivity contribution is 0.0642. The van der Waals surface area contributed by atoms with Crippen molar-refractivity contribution in [2.75, 3.05) is 32.8 Å². The standard InChI is InChI=1S/C17H25N3O2/c21-17(20-12-13-4-9-22-10-5-13)15-3-8-19-16(11-15)14-1-6-18-7-2-14/h3,8,11,13-14,18H,1-2,4-7,9-10,12H2,(H,20,21). The molecule has 0 spiro atoms. The van der Waals surface area contributed by atoms with Gasteiger partial charge in [-0.15, -0.1) is 0 Å². The fraction of sp³-hybridized carbons (Fsp3) is 0.647. The first kappa shape index (κ1) is 15.4. The van der Waals surface area contributed by atoms with Gasteiger partial charge in [0.25, 0.3) is 5.91 Å². The smallest absolute Gasteiger partial charge is 0.251 e. The summed E-state index contributed by atoms with van der Waals surface area (Å²) in [5.41, 5.74) is 1.79. The molecule has 3 heterocycles. The zero-order chi connectivity index (χ0) is 15.2. The van der Waals surface area contributed by atoms with Crippen molar-refractivity contribution in [1.29, 1.82) is 0 Å². The molecule has 120 valence electrons. The molecule has 22 heavy (non-hydrogen) atoms. The minimum atomic E-state index is 0.0177. The second kappa shape index (κ2) is 7.70. The van der Waals surface area contributed by atoms with Crippen molar-refractivity contribution in [3.05, 3.63) is 29.6 Å². The Labute approximate surface area is 131 Å². The number of rotatable bonds is 4. The van der Waals surface area contributed by atoms with Crippen LogP contribution in [0, 0.1) is 5.92 Å². The normalized spacial score (nSPS) is 20.7. The van der Waals surface area contributed by atoms with E-state index >= 15 is 0 Å². The topological polar surface area (TPSA) is 63.2 Å². The summed E-state index contributed by atoms with van der Waals surface area (Å²) in [6, 6.07) is 3.78. The maximum absolute atomic E-state index is 12.3. The van der Waals surface area contributed by atoms with E-state index in [4.69, 9.17) is 4.74 Å². The third kappa shape index (κ3) is 4.05. The van der Waals surface area contributed by atoms with E-state index in [0.717, 1.165) is 69.8 Å². The summed E-state index contributed by atoms with van der Waals surface area (Å²) in [6.45, 7) is 4.44. The van der Waals surface area contributed by atoms with Gasteiger partial charge in [-0.1, -0.05) is 0 Å². The molecule has 5 nitrogen and oxygen atoms in total. The van der Waals surface area contributed by atoms with Gasteiger partial charge in [0.1, 0.15) is 0 Å². The quantitative estimate of drug-likeness (QED) is 0.889. The van der Waals surface area contributed by atoms with E-state index in [1.807, 2.05) is 12.1 Å². The van der Waals surface area contributed by atoms with E-state index in [1.54, 1.807) is 6.20 Å². The van der Waals surface area contributed by atoms with Crippen LogP contribution in [0.4, 0.5) is 0 Å². The average Bonchev–Trinajstić information content (AvgIpc) is 2.61. The molecule has 0 radical (unpaired) electrons. The van der Waals surface area contributed by atoms with Crippen molar-refractivity contribution >= 4 is 5.91 Å². The minimum absolute atomic E-state index is 0.0177. The van der Waals surface area contributed by atoms with Gasteiger partial charge in [0.15, 0.2) is 0 Å². The third-order valence-electron chi connectivity index (χ3n) is 4.69. The van der Waals surface area contributed by atoms with Crippen LogP contribution < -0.4 is 10.6 Å². The molecule has 2 aliphatic rings. The number of nitrogens with zero attached hydrogens (tertiary/aromatic N) is 1. The molecule has 2 N–H and O–H groups in total. The summed E-state index contributed by atoms with van der Waals surface area (Å²) in [7, 11) is 0. The lowest BCUT2D eigenvalue weighted by atomic mass is 9.93. The summed E-state index contributed by atoms with van der Waals surface area (Å²) in [4.78, 5) is 16.8. The molecular formula is C17H25N3O2. The average molecular weight is 303 g/mol. The molecule has 0 aliphatic carbocycles. The Hall–Kier alpha value is -1.46. The summed E-state index contributed by atoms with van der Waals surface area (Å²) in [5, 5.41) is 6.43. The number of hydrogen-bond acceptors (Lipinski definition) is 4. The van der Waals surface area contributed by atoms with Gasteiger partial charge >= 0.3 is 0 Å². The largest absolute Gasteiger partial charge is 0.381 e. The van der Waals surface area contributed by atoms with Gasteiger partial charge < -0.3 is 15.4 Å². The van der Waals surface area contributed by atoms with Crippen LogP contribution in [0.1, 0.15) is 47.7 Å². The van der Waals surface area contributed by atoms with E-state index in [1.165, 1.54) is 0 Å². The highest BCUT2D eigenvalue weighted by molar-refractivity contribution is 5.94. The number of hydrogen-bond donors (Lipinski definition) is 2. The van der Waals surface area contributed by atoms with Gasteiger partial charge in [0.2, 0.25) is 0 Å². The Bertz CT molecular complexity index is 494. The van der Waals surface area contributed by atoms with Crippen LogP contribution in [-0.4, -0.2) is 43.7 Å². The van der Waals surface area contributed by atoms with Gasteiger partial charge in [-0.3, -0.25) is 9.78 Å². The SMILES string of the molecule is O=C(NCC1CCOCC1)c1ccnc(C2CCNCC2)c1. The predicted octanol–water partition coefficient (Wildman–Crippen LogP) is 1.70. The third-order valence-corrected chi connectivity index (χ3v) is 4.69. The highest BCUT2D eigenvalue weighted by Crippen LogP contribution is 2.23.